The smallest absolute Gasteiger partial charge is 0.315 e. The number of carbonyl (C=O) groups is 1. The van der Waals surface area contributed by atoms with E-state index in [4.69, 9.17) is 9.16 Å². The lowest BCUT2D eigenvalue weighted by molar-refractivity contribution is -0.164. The molecule has 1 aliphatic rings. The minimum atomic E-state index is -1.86. The molecule has 0 aromatic rings. The van der Waals surface area contributed by atoms with Crippen molar-refractivity contribution in [2.24, 2.45) is 11.3 Å². The van der Waals surface area contributed by atoms with Crippen LogP contribution in [0.5, 0.6) is 0 Å². The zero-order valence-corrected chi connectivity index (χ0v) is 19.3. The Labute approximate surface area is 157 Å². The monoisotopic (exact) mass is 370 g/mol. The van der Waals surface area contributed by atoms with Crippen LogP contribution < -0.4 is 0 Å². The Kier molecular flexibility index (Phi) is 7.37. The third-order valence-corrected chi connectivity index (χ3v) is 10.4. The molecule has 148 valence electrons. The Morgan fingerprint density at radius 1 is 1.08 bits per heavy atom. The second-order valence-electron chi connectivity index (χ2n) is 10.5. The molecule has 0 radical (unpaired) electrons. The molecule has 0 aromatic carbocycles. The zero-order valence-electron chi connectivity index (χ0n) is 18.3. The SMILES string of the molecule is CCCCCC[C@H]1C[C@@]1(CO[Si](C)(C)C(C)(C)C)C(=O)OC(C)(C)C. The van der Waals surface area contributed by atoms with E-state index >= 15 is 0 Å². The van der Waals surface area contributed by atoms with Crippen molar-refractivity contribution in [3.63, 3.8) is 0 Å². The van der Waals surface area contributed by atoms with Crippen molar-refractivity contribution in [2.75, 3.05) is 6.61 Å². The van der Waals surface area contributed by atoms with Crippen molar-refractivity contribution in [1.82, 2.24) is 0 Å². The first-order valence-corrected chi connectivity index (χ1v) is 13.0. The first kappa shape index (κ1) is 22.7. The highest BCUT2D eigenvalue weighted by Crippen LogP contribution is 2.57. The van der Waals surface area contributed by atoms with Crippen molar-refractivity contribution in [3.8, 4) is 0 Å². The van der Waals surface area contributed by atoms with E-state index in [1.165, 1.54) is 25.7 Å². The second kappa shape index (κ2) is 8.12. The fourth-order valence-corrected chi connectivity index (χ4v) is 4.02. The fraction of sp³-hybridized carbons (Fsp3) is 0.952. The molecule has 0 aliphatic heterocycles. The van der Waals surface area contributed by atoms with Gasteiger partial charge in [0.15, 0.2) is 8.32 Å². The van der Waals surface area contributed by atoms with E-state index in [0.29, 0.717) is 12.5 Å². The first-order valence-electron chi connectivity index (χ1n) is 10.1. The summed E-state index contributed by atoms with van der Waals surface area (Å²) in [5, 5.41) is 0.160. The van der Waals surface area contributed by atoms with E-state index in [2.05, 4.69) is 40.8 Å². The van der Waals surface area contributed by atoms with Gasteiger partial charge in [0.1, 0.15) is 5.60 Å². The van der Waals surface area contributed by atoms with Gasteiger partial charge >= 0.3 is 5.97 Å². The van der Waals surface area contributed by atoms with Gasteiger partial charge in [0.2, 0.25) is 0 Å². The Morgan fingerprint density at radius 3 is 2.16 bits per heavy atom. The molecule has 0 bridgehead atoms. The van der Waals surface area contributed by atoms with Crippen LogP contribution in [-0.2, 0) is 14.0 Å². The summed E-state index contributed by atoms with van der Waals surface area (Å²) in [4.78, 5) is 12.9. The summed E-state index contributed by atoms with van der Waals surface area (Å²) in [6.07, 6.45) is 7.06. The predicted molar refractivity (Wildman–Crippen MR) is 108 cm³/mol. The summed E-state index contributed by atoms with van der Waals surface area (Å²) < 4.78 is 12.2. The molecule has 0 saturated heterocycles. The molecule has 1 rings (SSSR count). The van der Waals surface area contributed by atoms with E-state index in [0.717, 1.165) is 12.8 Å². The van der Waals surface area contributed by atoms with Crippen LogP contribution in [-0.4, -0.2) is 26.5 Å². The van der Waals surface area contributed by atoms with Crippen molar-refractivity contribution < 1.29 is 14.0 Å². The molecule has 4 heteroatoms. The minimum absolute atomic E-state index is 0.0424. The summed E-state index contributed by atoms with van der Waals surface area (Å²) in [6, 6.07) is 0. The summed E-state index contributed by atoms with van der Waals surface area (Å²) in [6.45, 7) is 19.9. The van der Waals surface area contributed by atoms with Gasteiger partial charge in [-0.1, -0.05) is 53.4 Å². The standard InChI is InChI=1S/C21H42O3Si/c1-10-11-12-13-14-17-15-21(17,18(22)24-19(2,3)4)16-23-25(8,9)20(5,6)7/h17H,10-16H2,1-9H3/t17-,21-/m0/s1. The quantitative estimate of drug-likeness (QED) is 0.270. The van der Waals surface area contributed by atoms with Gasteiger partial charge in [0, 0.05) is 0 Å². The average Bonchev–Trinajstić information content (AvgIpc) is 3.13. The Balaban J connectivity index is 2.76. The van der Waals surface area contributed by atoms with Crippen molar-refractivity contribution in [2.45, 2.75) is 111 Å². The van der Waals surface area contributed by atoms with Gasteiger partial charge in [0.05, 0.1) is 12.0 Å². The van der Waals surface area contributed by atoms with Crippen molar-refractivity contribution >= 4 is 14.3 Å². The lowest BCUT2D eigenvalue weighted by atomic mass is 10.0. The molecule has 1 aliphatic carbocycles. The van der Waals surface area contributed by atoms with Crippen molar-refractivity contribution in [1.29, 1.82) is 0 Å². The highest BCUT2D eigenvalue weighted by atomic mass is 28.4. The lowest BCUT2D eigenvalue weighted by Gasteiger charge is -2.37. The van der Waals surface area contributed by atoms with E-state index in [1.54, 1.807) is 0 Å². The van der Waals surface area contributed by atoms with Crippen LogP contribution in [0.3, 0.4) is 0 Å². The van der Waals surface area contributed by atoms with Crippen LogP contribution in [0.2, 0.25) is 18.1 Å². The maximum atomic E-state index is 12.9. The maximum Gasteiger partial charge on any atom is 0.315 e. The molecule has 0 unspecified atom stereocenters. The Hall–Kier alpha value is -0.353. The topological polar surface area (TPSA) is 35.5 Å². The molecule has 3 nitrogen and oxygen atoms in total. The van der Waals surface area contributed by atoms with Gasteiger partial charge in [-0.25, -0.2) is 0 Å². The molecular weight excluding hydrogens is 328 g/mol. The predicted octanol–water partition coefficient (Wildman–Crippen LogP) is 6.33. The fourth-order valence-electron chi connectivity index (χ4n) is 2.97. The van der Waals surface area contributed by atoms with Gasteiger partial charge in [-0.15, -0.1) is 0 Å². The number of hydrogen-bond donors (Lipinski definition) is 0. The molecule has 0 spiro atoms. The number of carbonyl (C=O) groups excluding carboxylic acids is 1. The van der Waals surface area contributed by atoms with E-state index in [9.17, 15) is 4.79 Å². The zero-order chi connectivity index (χ0) is 19.5. The van der Waals surface area contributed by atoms with Crippen LogP contribution in [0.4, 0.5) is 0 Å². The molecular formula is C21H42O3Si. The number of hydrogen-bond acceptors (Lipinski definition) is 3. The third-order valence-electron chi connectivity index (χ3n) is 5.94. The molecule has 2 atom stereocenters. The van der Waals surface area contributed by atoms with Gasteiger partial charge in [0.25, 0.3) is 0 Å². The maximum absolute atomic E-state index is 12.9. The van der Waals surface area contributed by atoms with Gasteiger partial charge in [-0.05, 0) is 57.7 Å². The summed E-state index contributed by atoms with van der Waals surface area (Å²) in [5.74, 6) is 0.392. The second-order valence-corrected chi connectivity index (χ2v) is 15.3. The molecule has 1 fully saturated rings. The summed E-state index contributed by atoms with van der Waals surface area (Å²) in [7, 11) is -1.86. The average molecular weight is 371 g/mol. The highest BCUT2D eigenvalue weighted by molar-refractivity contribution is 6.74. The minimum Gasteiger partial charge on any atom is -0.459 e. The number of rotatable bonds is 9. The molecule has 0 amide bonds. The van der Waals surface area contributed by atoms with E-state index < -0.39 is 19.3 Å². The molecule has 0 aromatic heterocycles. The van der Waals surface area contributed by atoms with Gasteiger partial charge in [-0.2, -0.15) is 0 Å². The Morgan fingerprint density at radius 2 is 1.68 bits per heavy atom. The third kappa shape index (κ3) is 6.39. The first-order chi connectivity index (χ1) is 11.3. The summed E-state index contributed by atoms with van der Waals surface area (Å²) >= 11 is 0. The van der Waals surface area contributed by atoms with Crippen LogP contribution in [0.25, 0.3) is 0 Å². The number of unbranched alkanes of at least 4 members (excludes halogenated alkanes) is 3. The summed E-state index contributed by atoms with van der Waals surface area (Å²) in [5.41, 5.74) is -0.828. The molecule has 1 saturated carbocycles. The van der Waals surface area contributed by atoms with Crippen LogP contribution in [0.15, 0.2) is 0 Å². The largest absolute Gasteiger partial charge is 0.459 e. The van der Waals surface area contributed by atoms with Crippen molar-refractivity contribution in [3.05, 3.63) is 0 Å². The molecule has 25 heavy (non-hydrogen) atoms. The molecule has 0 heterocycles. The lowest BCUT2D eigenvalue weighted by Crippen LogP contribution is -2.44. The Bertz CT molecular complexity index is 445. The van der Waals surface area contributed by atoms with Crippen LogP contribution in [0, 0.1) is 11.3 Å². The van der Waals surface area contributed by atoms with Crippen LogP contribution >= 0.6 is 0 Å². The number of esters is 1. The van der Waals surface area contributed by atoms with Crippen LogP contribution in [0.1, 0.15) is 87.0 Å². The number of ether oxygens (including phenoxy) is 1. The van der Waals surface area contributed by atoms with Gasteiger partial charge in [-0.3, -0.25) is 4.79 Å². The normalized spacial score (nSPS) is 24.3. The highest BCUT2D eigenvalue weighted by Gasteiger charge is 2.62. The van der Waals surface area contributed by atoms with E-state index in [-0.39, 0.29) is 11.0 Å². The molecule has 0 N–H and O–H groups in total. The van der Waals surface area contributed by atoms with E-state index in [1.807, 2.05) is 20.8 Å². The van der Waals surface area contributed by atoms with Gasteiger partial charge < -0.3 is 9.16 Å².